The summed E-state index contributed by atoms with van der Waals surface area (Å²) in [4.78, 5) is 9.80. The fraction of sp³-hybridized carbons (Fsp3) is 0.917. The summed E-state index contributed by atoms with van der Waals surface area (Å²) < 4.78 is 242. The first-order valence-electron chi connectivity index (χ1n) is 7.29. The fourth-order valence-electron chi connectivity index (χ4n) is 1.50. The van der Waals surface area contributed by atoms with Crippen molar-refractivity contribution >= 4 is 5.97 Å². The maximum absolute atomic E-state index is 13.1. The van der Waals surface area contributed by atoms with Gasteiger partial charge in [-0.25, -0.2) is 4.79 Å². The Morgan fingerprint density at radius 1 is 0.500 bits per heavy atom. The highest BCUT2D eigenvalue weighted by atomic mass is 19.4. The molecule has 22 heteroatoms. The minimum atomic E-state index is -9.06. The fourth-order valence-corrected chi connectivity index (χ4v) is 1.50. The Morgan fingerprint density at radius 2 is 0.676 bits per heavy atom. The van der Waals surface area contributed by atoms with Gasteiger partial charge < -0.3 is 10.2 Å². The molecule has 0 aromatic carbocycles. The molecule has 0 radical (unpaired) electrons. The summed E-state index contributed by atoms with van der Waals surface area (Å²) in [5, 5.41) is 15.2. The van der Waals surface area contributed by atoms with Crippen LogP contribution in [0.5, 0.6) is 0 Å². The van der Waals surface area contributed by atoms with Gasteiger partial charge in [-0.2, -0.15) is 83.4 Å². The first-order valence-corrected chi connectivity index (χ1v) is 7.29. The molecular weight excluding hydrogens is 553 g/mol. The molecule has 0 atom stereocenters. The quantitative estimate of drug-likeness (QED) is 0.374. The summed E-state index contributed by atoms with van der Waals surface area (Å²) in [6, 6.07) is 0. The lowest BCUT2D eigenvalue weighted by Crippen LogP contribution is -2.76. The maximum Gasteiger partial charge on any atom is 0.460 e. The second-order valence-corrected chi connectivity index (χ2v) is 5.71. The van der Waals surface area contributed by atoms with Gasteiger partial charge >= 0.3 is 59.5 Å². The van der Waals surface area contributed by atoms with Gasteiger partial charge in [0.2, 0.25) is 0 Å². The molecule has 0 aromatic rings. The van der Waals surface area contributed by atoms with Crippen molar-refractivity contribution in [2.45, 2.75) is 60.5 Å². The monoisotopic (exact) mass is 560 g/mol. The van der Waals surface area contributed by atoms with Gasteiger partial charge in [0.15, 0.2) is 0 Å². The SMILES string of the molecule is CCO.O=C(O)C(F)(F)C(F)(F)C(F)(F)C(F)(F)C(F)(F)C(F)(F)C(F)(F)C(F)(F)C(F)(F)F. The number of aliphatic carboxylic acids is 1. The maximum atomic E-state index is 13.1. The van der Waals surface area contributed by atoms with E-state index in [2.05, 4.69) is 0 Å². The second kappa shape index (κ2) is 8.95. The number of aliphatic hydroxyl groups is 1. The molecular formula is C12H7F19O3. The Labute approximate surface area is 173 Å². The summed E-state index contributed by atoms with van der Waals surface area (Å²) in [7, 11) is 0. The molecule has 0 aliphatic carbocycles. The highest BCUT2D eigenvalue weighted by molar-refractivity contribution is 5.77. The predicted octanol–water partition coefficient (Wildman–Crippen LogP) is 5.71. The average Bonchev–Trinajstić information content (AvgIpc) is 2.59. The van der Waals surface area contributed by atoms with Crippen molar-refractivity contribution in [3.8, 4) is 0 Å². The molecule has 0 rings (SSSR count). The van der Waals surface area contributed by atoms with Crippen LogP contribution in [-0.4, -0.2) is 76.3 Å². The molecule has 34 heavy (non-hydrogen) atoms. The van der Waals surface area contributed by atoms with E-state index >= 15 is 0 Å². The molecule has 0 fully saturated rings. The Hall–Kier alpha value is -1.90. The third-order valence-electron chi connectivity index (χ3n) is 3.38. The minimum Gasteiger partial charge on any atom is -0.477 e. The highest BCUT2D eigenvalue weighted by Crippen LogP contribution is 2.65. The molecule has 2 N–H and O–H groups in total. The van der Waals surface area contributed by atoms with Crippen LogP contribution in [0.25, 0.3) is 0 Å². The lowest BCUT2D eigenvalue weighted by Gasteiger charge is -2.43. The predicted molar refractivity (Wildman–Crippen MR) is 66.0 cm³/mol. The van der Waals surface area contributed by atoms with Gasteiger partial charge in [0.1, 0.15) is 0 Å². The van der Waals surface area contributed by atoms with E-state index in [0.717, 1.165) is 0 Å². The zero-order valence-corrected chi connectivity index (χ0v) is 15.2. The van der Waals surface area contributed by atoms with Crippen molar-refractivity contribution in [1.82, 2.24) is 0 Å². The molecule has 206 valence electrons. The molecule has 0 saturated carbocycles. The summed E-state index contributed by atoms with van der Waals surface area (Å²) >= 11 is 0. The van der Waals surface area contributed by atoms with Crippen LogP contribution in [0.4, 0.5) is 83.4 Å². The second-order valence-electron chi connectivity index (χ2n) is 5.71. The van der Waals surface area contributed by atoms with Crippen molar-refractivity contribution in [3.05, 3.63) is 0 Å². The molecule has 0 spiro atoms. The first kappa shape index (κ1) is 34.3. The van der Waals surface area contributed by atoms with Crippen molar-refractivity contribution in [2.75, 3.05) is 6.61 Å². The van der Waals surface area contributed by atoms with Gasteiger partial charge in [-0.15, -0.1) is 0 Å². The summed E-state index contributed by atoms with van der Waals surface area (Å²) in [5.74, 6) is -73.3. The number of rotatable bonds is 8. The molecule has 3 nitrogen and oxygen atoms in total. The van der Waals surface area contributed by atoms with Gasteiger partial charge in [-0.05, 0) is 6.92 Å². The lowest BCUT2D eigenvalue weighted by molar-refractivity contribution is -0.467. The van der Waals surface area contributed by atoms with E-state index in [1.165, 1.54) is 0 Å². The molecule has 0 aliphatic heterocycles. The van der Waals surface area contributed by atoms with Crippen molar-refractivity contribution in [3.63, 3.8) is 0 Å². The number of carbonyl (C=O) groups is 1. The smallest absolute Gasteiger partial charge is 0.460 e. The molecule has 0 amide bonds. The normalized spacial score (nSPS) is 15.6. The summed E-state index contributed by atoms with van der Waals surface area (Å²) in [5.41, 5.74) is 0. The lowest BCUT2D eigenvalue weighted by atomic mass is 9.87. The Bertz CT molecular complexity index is 723. The Kier molecular flexibility index (Phi) is 9.02. The first-order chi connectivity index (χ1) is 14.4. The van der Waals surface area contributed by atoms with Gasteiger partial charge in [-0.3, -0.25) is 0 Å². The number of hydrogen-bond donors (Lipinski definition) is 2. The van der Waals surface area contributed by atoms with Crippen LogP contribution in [-0.2, 0) is 4.79 Å². The largest absolute Gasteiger partial charge is 0.477 e. The molecule has 0 bridgehead atoms. The van der Waals surface area contributed by atoms with E-state index in [4.69, 9.17) is 10.2 Å². The standard InChI is InChI=1S/C10HF19O2.C2H6O/c11-2(12,1(30)31)3(13,14)4(15,16)5(17,18)6(19,20)7(21,22)8(23,24)9(25,26)10(27,28)29;1-2-3/h(H,30,31);3H,2H2,1H3. The summed E-state index contributed by atoms with van der Waals surface area (Å²) in [6.45, 7) is 1.93. The van der Waals surface area contributed by atoms with Crippen LogP contribution in [0, 0.1) is 0 Å². The molecule has 0 unspecified atom stereocenters. The van der Waals surface area contributed by atoms with Crippen LogP contribution in [0.3, 0.4) is 0 Å². The van der Waals surface area contributed by atoms with Crippen molar-refractivity contribution in [2.24, 2.45) is 0 Å². The van der Waals surface area contributed by atoms with Crippen LogP contribution in [0.1, 0.15) is 6.92 Å². The number of alkyl halides is 19. The van der Waals surface area contributed by atoms with Crippen LogP contribution in [0.15, 0.2) is 0 Å². The third kappa shape index (κ3) is 4.40. The van der Waals surface area contributed by atoms with E-state index in [-0.39, 0.29) is 6.61 Å². The molecule has 0 aromatic heterocycles. The number of hydrogen-bond acceptors (Lipinski definition) is 2. The van der Waals surface area contributed by atoms with Gasteiger partial charge in [-0.1, -0.05) is 0 Å². The number of carboxylic acids is 1. The van der Waals surface area contributed by atoms with Crippen LogP contribution >= 0.6 is 0 Å². The van der Waals surface area contributed by atoms with E-state index in [1.807, 2.05) is 0 Å². The topological polar surface area (TPSA) is 57.5 Å². The third-order valence-corrected chi connectivity index (χ3v) is 3.38. The number of aliphatic hydroxyl groups excluding tert-OH is 1. The highest BCUT2D eigenvalue weighted by Gasteiger charge is 2.97. The zero-order valence-electron chi connectivity index (χ0n) is 15.2. The van der Waals surface area contributed by atoms with E-state index < -0.39 is 59.5 Å². The Morgan fingerprint density at radius 3 is 0.853 bits per heavy atom. The van der Waals surface area contributed by atoms with Crippen LogP contribution in [0.2, 0.25) is 0 Å². The van der Waals surface area contributed by atoms with E-state index in [0.29, 0.717) is 0 Å². The Balaban J connectivity index is 0. The van der Waals surface area contributed by atoms with Gasteiger partial charge in [0.05, 0.1) is 0 Å². The van der Waals surface area contributed by atoms with Gasteiger partial charge in [0, 0.05) is 6.61 Å². The number of halogens is 19. The van der Waals surface area contributed by atoms with E-state index in [9.17, 15) is 88.2 Å². The minimum absolute atomic E-state index is 0.250. The van der Waals surface area contributed by atoms with Gasteiger partial charge in [0.25, 0.3) is 0 Å². The van der Waals surface area contributed by atoms with E-state index in [1.54, 1.807) is 6.92 Å². The average molecular weight is 560 g/mol. The summed E-state index contributed by atoms with van der Waals surface area (Å²) in [6.07, 6.45) is -7.95. The molecule has 0 heterocycles. The zero-order chi connectivity index (χ0) is 28.8. The van der Waals surface area contributed by atoms with Crippen molar-refractivity contribution in [1.29, 1.82) is 0 Å². The molecule has 0 saturated heterocycles. The van der Waals surface area contributed by atoms with Crippen molar-refractivity contribution < 1.29 is 98.4 Å². The van der Waals surface area contributed by atoms with Crippen LogP contribution < -0.4 is 0 Å². The number of carboxylic acid groups (broad SMARTS) is 1. The molecule has 0 aliphatic rings.